The summed E-state index contributed by atoms with van der Waals surface area (Å²) in [5.74, 6) is 0. The fourth-order valence-corrected chi connectivity index (χ4v) is 1.90. The van der Waals surface area contributed by atoms with Gasteiger partial charge in [-0.25, -0.2) is 4.79 Å². The summed E-state index contributed by atoms with van der Waals surface area (Å²) >= 11 is 0. The highest BCUT2D eigenvalue weighted by Gasteiger charge is 2.51. The van der Waals surface area contributed by atoms with E-state index in [0.717, 1.165) is 6.42 Å². The third-order valence-corrected chi connectivity index (χ3v) is 2.64. The van der Waals surface area contributed by atoms with Crippen LogP contribution >= 0.6 is 0 Å². The van der Waals surface area contributed by atoms with E-state index in [1.165, 1.54) is 4.90 Å². The molecular formula is C12H22N2O5. The van der Waals surface area contributed by atoms with Crippen molar-refractivity contribution in [3.05, 3.63) is 10.1 Å². The summed E-state index contributed by atoms with van der Waals surface area (Å²) in [5, 5.41) is 10.7. The third kappa shape index (κ3) is 4.66. The Kier molecular flexibility index (Phi) is 4.73. The maximum Gasteiger partial charge on any atom is 0.410 e. The van der Waals surface area contributed by atoms with E-state index in [1.54, 1.807) is 20.8 Å². The van der Waals surface area contributed by atoms with Gasteiger partial charge in [-0.05, 0) is 27.2 Å². The Labute approximate surface area is 113 Å². The summed E-state index contributed by atoms with van der Waals surface area (Å²) in [4.78, 5) is 23.5. The quantitative estimate of drug-likeness (QED) is 0.562. The lowest BCUT2D eigenvalue weighted by Gasteiger charge is -2.46. The Hall–Kier alpha value is -1.37. The molecule has 1 aliphatic heterocycles. The molecule has 0 radical (unpaired) electrons. The van der Waals surface area contributed by atoms with Gasteiger partial charge in [0.15, 0.2) is 5.60 Å². The van der Waals surface area contributed by atoms with Crippen LogP contribution in [0.1, 0.15) is 34.1 Å². The standard InChI is InChI=1S/C12H22N2O5/c1-5-6-18-12(9-14(16)17)7-13(8-12)10(15)19-11(2,3)4/h5-9H2,1-4H3. The number of ether oxygens (including phenoxy) is 2. The van der Waals surface area contributed by atoms with Crippen molar-refractivity contribution >= 4 is 6.09 Å². The number of amides is 1. The molecule has 0 atom stereocenters. The second kappa shape index (κ2) is 5.73. The molecule has 1 heterocycles. The van der Waals surface area contributed by atoms with Crippen molar-refractivity contribution in [2.45, 2.75) is 45.3 Å². The zero-order valence-corrected chi connectivity index (χ0v) is 12.0. The van der Waals surface area contributed by atoms with E-state index in [4.69, 9.17) is 9.47 Å². The average Bonchev–Trinajstić information content (AvgIpc) is 2.17. The van der Waals surface area contributed by atoms with Crippen LogP contribution in [0.5, 0.6) is 0 Å². The molecule has 0 aliphatic carbocycles. The van der Waals surface area contributed by atoms with Crippen LogP contribution in [0.2, 0.25) is 0 Å². The molecular weight excluding hydrogens is 252 g/mol. The zero-order chi connectivity index (χ0) is 14.7. The first-order valence-electron chi connectivity index (χ1n) is 6.41. The molecule has 1 aliphatic rings. The highest BCUT2D eigenvalue weighted by molar-refractivity contribution is 5.69. The van der Waals surface area contributed by atoms with Crippen molar-refractivity contribution in [2.75, 3.05) is 26.2 Å². The predicted octanol–water partition coefficient (Wildman–Crippen LogP) is 1.68. The topological polar surface area (TPSA) is 81.9 Å². The van der Waals surface area contributed by atoms with Crippen LogP contribution in [0.15, 0.2) is 0 Å². The summed E-state index contributed by atoms with van der Waals surface area (Å²) in [6.45, 7) is 7.87. The summed E-state index contributed by atoms with van der Waals surface area (Å²) in [7, 11) is 0. The van der Waals surface area contributed by atoms with Gasteiger partial charge in [-0.15, -0.1) is 0 Å². The molecule has 0 aromatic heterocycles. The van der Waals surface area contributed by atoms with E-state index in [2.05, 4.69) is 0 Å². The van der Waals surface area contributed by atoms with E-state index in [1.807, 2.05) is 6.92 Å². The first kappa shape index (κ1) is 15.7. The highest BCUT2D eigenvalue weighted by atomic mass is 16.6. The maximum atomic E-state index is 11.8. The number of rotatable bonds is 5. The van der Waals surface area contributed by atoms with E-state index in [0.29, 0.717) is 6.61 Å². The van der Waals surface area contributed by atoms with Crippen molar-refractivity contribution in [1.82, 2.24) is 4.90 Å². The average molecular weight is 274 g/mol. The molecule has 0 unspecified atom stereocenters. The van der Waals surface area contributed by atoms with Crippen molar-refractivity contribution < 1.29 is 19.2 Å². The fraction of sp³-hybridized carbons (Fsp3) is 0.917. The number of carbonyl (C=O) groups excluding carboxylic acids is 1. The molecule has 7 nitrogen and oxygen atoms in total. The van der Waals surface area contributed by atoms with Crippen molar-refractivity contribution in [3.8, 4) is 0 Å². The summed E-state index contributed by atoms with van der Waals surface area (Å²) in [5.41, 5.74) is -1.42. The minimum absolute atomic E-state index is 0.211. The van der Waals surface area contributed by atoms with E-state index in [-0.39, 0.29) is 19.6 Å². The maximum absolute atomic E-state index is 11.8. The minimum Gasteiger partial charge on any atom is -0.444 e. The van der Waals surface area contributed by atoms with Gasteiger partial charge in [-0.2, -0.15) is 0 Å². The van der Waals surface area contributed by atoms with E-state index >= 15 is 0 Å². The van der Waals surface area contributed by atoms with Crippen LogP contribution in [0.25, 0.3) is 0 Å². The van der Waals surface area contributed by atoms with Crippen LogP contribution in [0.3, 0.4) is 0 Å². The normalized spacial score (nSPS) is 17.8. The number of nitro groups is 1. The van der Waals surface area contributed by atoms with E-state index < -0.39 is 22.2 Å². The van der Waals surface area contributed by atoms with Gasteiger partial charge in [0.25, 0.3) is 0 Å². The smallest absolute Gasteiger partial charge is 0.410 e. The molecule has 0 aromatic rings. The van der Waals surface area contributed by atoms with Gasteiger partial charge in [-0.3, -0.25) is 10.1 Å². The van der Waals surface area contributed by atoms with E-state index in [9.17, 15) is 14.9 Å². The first-order chi connectivity index (χ1) is 8.67. The lowest BCUT2D eigenvalue weighted by Crippen LogP contribution is -2.68. The molecule has 7 heteroatoms. The van der Waals surface area contributed by atoms with Gasteiger partial charge < -0.3 is 14.4 Å². The third-order valence-electron chi connectivity index (χ3n) is 2.64. The summed E-state index contributed by atoms with van der Waals surface area (Å²) in [6.07, 6.45) is 0.331. The van der Waals surface area contributed by atoms with Crippen molar-refractivity contribution in [3.63, 3.8) is 0 Å². The number of hydrogen-bond acceptors (Lipinski definition) is 5. The molecule has 1 rings (SSSR count). The van der Waals surface area contributed by atoms with Crippen molar-refractivity contribution in [1.29, 1.82) is 0 Å². The number of nitrogens with zero attached hydrogens (tertiary/aromatic N) is 2. The molecule has 0 spiro atoms. The van der Waals surface area contributed by atoms with Gasteiger partial charge >= 0.3 is 6.09 Å². The lowest BCUT2D eigenvalue weighted by molar-refractivity contribution is -0.507. The molecule has 1 amide bonds. The largest absolute Gasteiger partial charge is 0.444 e. The van der Waals surface area contributed by atoms with Gasteiger partial charge in [0.1, 0.15) is 5.60 Å². The minimum atomic E-state index is -0.851. The van der Waals surface area contributed by atoms with Crippen LogP contribution in [-0.2, 0) is 9.47 Å². The van der Waals surface area contributed by atoms with Crippen LogP contribution in [0, 0.1) is 10.1 Å². The number of carbonyl (C=O) groups is 1. The zero-order valence-electron chi connectivity index (χ0n) is 12.0. The van der Waals surface area contributed by atoms with Crippen LogP contribution in [0.4, 0.5) is 4.79 Å². The molecule has 0 N–H and O–H groups in total. The number of hydrogen-bond donors (Lipinski definition) is 0. The monoisotopic (exact) mass is 274 g/mol. The van der Waals surface area contributed by atoms with Crippen LogP contribution in [-0.4, -0.2) is 53.4 Å². The summed E-state index contributed by atoms with van der Waals surface area (Å²) in [6, 6.07) is 0. The second-order valence-electron chi connectivity index (χ2n) is 5.86. The molecule has 0 aromatic carbocycles. The molecule has 0 bridgehead atoms. The van der Waals surface area contributed by atoms with Gasteiger partial charge in [0.05, 0.1) is 13.1 Å². The second-order valence-corrected chi connectivity index (χ2v) is 5.86. The molecule has 1 fully saturated rings. The van der Waals surface area contributed by atoms with Gasteiger partial charge in [0.2, 0.25) is 6.54 Å². The first-order valence-corrected chi connectivity index (χ1v) is 6.41. The summed E-state index contributed by atoms with van der Waals surface area (Å²) < 4.78 is 10.8. The lowest BCUT2D eigenvalue weighted by atomic mass is 9.94. The highest BCUT2D eigenvalue weighted by Crippen LogP contribution is 2.27. The Bertz CT molecular complexity index is 345. The van der Waals surface area contributed by atoms with Gasteiger partial charge in [-0.1, -0.05) is 6.92 Å². The Morgan fingerprint density at radius 2 is 2.00 bits per heavy atom. The Morgan fingerprint density at radius 3 is 2.42 bits per heavy atom. The SMILES string of the molecule is CCCOC1(C[N+](=O)[O-])CN(C(=O)OC(C)(C)C)C1. The Balaban J connectivity index is 2.53. The van der Waals surface area contributed by atoms with Gasteiger partial charge in [0, 0.05) is 11.5 Å². The van der Waals surface area contributed by atoms with Crippen molar-refractivity contribution in [2.24, 2.45) is 0 Å². The molecule has 0 saturated carbocycles. The molecule has 19 heavy (non-hydrogen) atoms. The Morgan fingerprint density at radius 1 is 1.42 bits per heavy atom. The van der Waals surface area contributed by atoms with Crippen LogP contribution < -0.4 is 0 Å². The molecule has 110 valence electrons. The number of likely N-dealkylation sites (tertiary alicyclic amines) is 1. The molecule has 1 saturated heterocycles. The predicted molar refractivity (Wildman–Crippen MR) is 68.6 cm³/mol. The fourth-order valence-electron chi connectivity index (χ4n) is 1.90.